The number of nitrogens with zero attached hydrogens (tertiary/aromatic N) is 2. The number of methoxy groups -OCH3 is 3. The van der Waals surface area contributed by atoms with Crippen LogP contribution in [0.3, 0.4) is 0 Å². The fourth-order valence-corrected chi connectivity index (χ4v) is 4.36. The summed E-state index contributed by atoms with van der Waals surface area (Å²) in [7, 11) is 4.63. The van der Waals surface area contributed by atoms with Gasteiger partial charge < -0.3 is 23.0 Å². The zero-order chi connectivity index (χ0) is 24.5. The molecule has 2 aromatic heterocycles. The minimum atomic E-state index is -0.832. The molecule has 5 rings (SSSR count). The van der Waals surface area contributed by atoms with Crippen LogP contribution in [0.15, 0.2) is 61.8 Å². The summed E-state index contributed by atoms with van der Waals surface area (Å²) in [5, 5.41) is 8.26. The van der Waals surface area contributed by atoms with Gasteiger partial charge >= 0.3 is 0 Å². The Labute approximate surface area is 210 Å². The topological polar surface area (TPSA) is 96.8 Å². The molecule has 1 saturated carbocycles. The van der Waals surface area contributed by atoms with E-state index in [1.807, 2.05) is 24.3 Å². The van der Waals surface area contributed by atoms with Crippen molar-refractivity contribution in [2.24, 2.45) is 0 Å². The Bertz CT molecular complexity index is 1330. The molecular weight excluding hydrogens is 516 g/mol. The largest absolute Gasteiger partial charge is 0.495 e. The van der Waals surface area contributed by atoms with Gasteiger partial charge in [-0.25, -0.2) is 0 Å². The van der Waals surface area contributed by atoms with E-state index in [-0.39, 0.29) is 11.5 Å². The molecule has 2 aromatic carbocycles. The van der Waals surface area contributed by atoms with Gasteiger partial charge in [0, 0.05) is 24.2 Å². The second kappa shape index (κ2) is 9.67. The molecular formula is C26H23BrN2O6. The highest BCUT2D eigenvalue weighted by Crippen LogP contribution is 2.41. The van der Waals surface area contributed by atoms with Gasteiger partial charge in [0.2, 0.25) is 17.6 Å². The molecule has 1 aliphatic carbocycles. The van der Waals surface area contributed by atoms with E-state index in [2.05, 4.69) is 26.1 Å². The summed E-state index contributed by atoms with van der Waals surface area (Å²) < 4.78 is 28.7. The van der Waals surface area contributed by atoms with Crippen molar-refractivity contribution in [1.82, 2.24) is 10.2 Å². The molecule has 0 amide bonds. The lowest BCUT2D eigenvalue weighted by molar-refractivity contribution is 0.0577. The average molecular weight is 539 g/mol. The van der Waals surface area contributed by atoms with Crippen LogP contribution in [0.1, 0.15) is 46.9 Å². The number of hydrogen-bond acceptors (Lipinski definition) is 8. The fourth-order valence-electron chi connectivity index (χ4n) is 3.81. The number of ether oxygens (including phenoxy) is 3. The van der Waals surface area contributed by atoms with Crippen LogP contribution in [-0.4, -0.2) is 37.3 Å². The van der Waals surface area contributed by atoms with Gasteiger partial charge in [-0.05, 0) is 70.7 Å². The second-order valence-electron chi connectivity index (χ2n) is 8.18. The summed E-state index contributed by atoms with van der Waals surface area (Å²) in [4.78, 5) is 13.2. The molecule has 0 N–H and O–H groups in total. The summed E-state index contributed by atoms with van der Waals surface area (Å²) in [6.45, 7) is 0. The van der Waals surface area contributed by atoms with Crippen molar-refractivity contribution in [2.45, 2.75) is 24.9 Å². The van der Waals surface area contributed by atoms with Crippen LogP contribution in [0.2, 0.25) is 0 Å². The van der Waals surface area contributed by atoms with Crippen LogP contribution >= 0.6 is 15.9 Å². The summed E-state index contributed by atoms with van der Waals surface area (Å²) in [5.74, 6) is 3.11. The highest BCUT2D eigenvalue weighted by Gasteiger charge is 2.30. The van der Waals surface area contributed by atoms with Crippen LogP contribution in [0.4, 0.5) is 0 Å². The molecule has 0 spiro atoms. The third-order valence-corrected chi connectivity index (χ3v) is 6.66. The van der Waals surface area contributed by atoms with Crippen molar-refractivity contribution in [3.8, 4) is 34.3 Å². The number of benzene rings is 2. The van der Waals surface area contributed by atoms with Gasteiger partial charge in [0.1, 0.15) is 27.8 Å². The third-order valence-electron chi connectivity index (χ3n) is 5.88. The summed E-state index contributed by atoms with van der Waals surface area (Å²) in [5.41, 5.74) is 2.19. The van der Waals surface area contributed by atoms with E-state index in [9.17, 15) is 4.79 Å². The molecule has 180 valence electrons. The molecule has 0 radical (unpaired) electrons. The number of Topliss-reactive ketones (excluding diaryl/α,β-unsaturated/α-hetero) is 1. The first kappa shape index (κ1) is 23.3. The van der Waals surface area contributed by atoms with Gasteiger partial charge in [-0.1, -0.05) is 12.1 Å². The number of hydrogen-bond donors (Lipinski definition) is 0. The number of furan rings is 1. The maximum absolute atomic E-state index is 13.2. The number of aromatic nitrogens is 2. The Kier molecular flexibility index (Phi) is 6.44. The number of rotatable bonds is 9. The first-order valence-corrected chi connectivity index (χ1v) is 11.8. The highest BCUT2D eigenvalue weighted by atomic mass is 79.9. The Morgan fingerprint density at radius 2 is 1.63 bits per heavy atom. The van der Waals surface area contributed by atoms with Crippen molar-refractivity contribution >= 4 is 21.7 Å². The van der Waals surface area contributed by atoms with Gasteiger partial charge in [0.25, 0.3) is 0 Å². The lowest BCUT2D eigenvalue weighted by Crippen LogP contribution is -2.14. The van der Waals surface area contributed by atoms with E-state index in [1.165, 1.54) is 7.11 Å². The summed E-state index contributed by atoms with van der Waals surface area (Å²) >= 11 is 3.46. The zero-order valence-corrected chi connectivity index (χ0v) is 21.0. The van der Waals surface area contributed by atoms with Gasteiger partial charge in [-0.15, -0.1) is 10.2 Å². The maximum Gasteiger partial charge on any atom is 0.247 e. The minimum Gasteiger partial charge on any atom is -0.495 e. The molecule has 1 aliphatic rings. The predicted octanol–water partition coefficient (Wildman–Crippen LogP) is 6.22. The summed E-state index contributed by atoms with van der Waals surface area (Å²) in [6, 6.07) is 14.3. The molecule has 1 unspecified atom stereocenters. The zero-order valence-electron chi connectivity index (χ0n) is 19.4. The van der Waals surface area contributed by atoms with E-state index in [4.69, 9.17) is 23.0 Å². The Morgan fingerprint density at radius 3 is 2.23 bits per heavy atom. The van der Waals surface area contributed by atoms with E-state index < -0.39 is 6.10 Å². The molecule has 2 heterocycles. The SMILES string of the molecule is COc1cc(-c2ccc(C(=O)C(OC)c3ccc(-c4nnc(C5CC5)o4)cc3)o2)cc(OC)c1Br. The molecule has 0 saturated heterocycles. The highest BCUT2D eigenvalue weighted by molar-refractivity contribution is 9.10. The number of halogens is 1. The standard InChI is InChI=1S/C26H23BrN2O6/c1-31-20-12-17(13-21(32-2)22(20)27)18-10-11-19(34-18)23(30)24(33-3)14-4-6-15(7-5-14)25-28-29-26(35-25)16-8-9-16/h4-7,10-13,16,24H,8-9H2,1-3H3. The fraction of sp³-hybridized carbons (Fsp3) is 0.269. The van der Waals surface area contributed by atoms with Gasteiger partial charge in [0.15, 0.2) is 5.76 Å². The Morgan fingerprint density at radius 1 is 0.943 bits per heavy atom. The van der Waals surface area contributed by atoms with Crippen LogP contribution in [-0.2, 0) is 4.74 Å². The average Bonchev–Trinajstić information content (AvgIpc) is 3.40. The van der Waals surface area contributed by atoms with Gasteiger partial charge in [-0.2, -0.15) is 0 Å². The van der Waals surface area contributed by atoms with Crippen molar-refractivity contribution in [2.75, 3.05) is 21.3 Å². The van der Waals surface area contributed by atoms with Crippen molar-refractivity contribution in [1.29, 1.82) is 0 Å². The Hall–Kier alpha value is -3.43. The predicted molar refractivity (Wildman–Crippen MR) is 131 cm³/mol. The van der Waals surface area contributed by atoms with Gasteiger partial charge in [-0.3, -0.25) is 4.79 Å². The van der Waals surface area contributed by atoms with E-state index in [1.54, 1.807) is 38.5 Å². The van der Waals surface area contributed by atoms with Gasteiger partial charge in [0.05, 0.1) is 14.2 Å². The first-order chi connectivity index (χ1) is 17.0. The molecule has 4 aromatic rings. The third kappa shape index (κ3) is 4.61. The van der Waals surface area contributed by atoms with Crippen molar-refractivity contribution in [3.63, 3.8) is 0 Å². The first-order valence-electron chi connectivity index (χ1n) is 11.0. The quantitative estimate of drug-likeness (QED) is 0.231. The van der Waals surface area contributed by atoms with E-state index in [0.29, 0.717) is 50.6 Å². The number of carbonyl (C=O) groups is 1. The molecule has 1 fully saturated rings. The smallest absolute Gasteiger partial charge is 0.247 e. The number of ketones is 1. The van der Waals surface area contributed by atoms with Crippen LogP contribution in [0, 0.1) is 0 Å². The lowest BCUT2D eigenvalue weighted by atomic mass is 10.0. The monoisotopic (exact) mass is 538 g/mol. The van der Waals surface area contributed by atoms with Crippen LogP contribution in [0.5, 0.6) is 11.5 Å². The molecule has 0 aliphatic heterocycles. The van der Waals surface area contributed by atoms with Crippen molar-refractivity contribution < 1.29 is 27.8 Å². The normalized spacial score (nSPS) is 14.1. The second-order valence-corrected chi connectivity index (χ2v) is 8.97. The van der Waals surface area contributed by atoms with Crippen LogP contribution < -0.4 is 9.47 Å². The van der Waals surface area contributed by atoms with Crippen molar-refractivity contribution in [3.05, 3.63) is 70.2 Å². The number of carbonyl (C=O) groups excluding carboxylic acids is 1. The molecule has 0 bridgehead atoms. The lowest BCUT2D eigenvalue weighted by Gasteiger charge is -2.13. The van der Waals surface area contributed by atoms with E-state index in [0.717, 1.165) is 18.4 Å². The van der Waals surface area contributed by atoms with Crippen LogP contribution in [0.25, 0.3) is 22.8 Å². The maximum atomic E-state index is 13.2. The summed E-state index contributed by atoms with van der Waals surface area (Å²) in [6.07, 6.45) is 1.35. The van der Waals surface area contributed by atoms with E-state index >= 15 is 0 Å². The molecule has 8 nitrogen and oxygen atoms in total. The molecule has 35 heavy (non-hydrogen) atoms. The Balaban J connectivity index is 1.37. The minimum absolute atomic E-state index is 0.183. The molecule has 9 heteroatoms. The molecule has 1 atom stereocenters.